The first-order valence-corrected chi connectivity index (χ1v) is 9.40. The van der Waals surface area contributed by atoms with Gasteiger partial charge < -0.3 is 19.9 Å². The summed E-state index contributed by atoms with van der Waals surface area (Å²) in [6, 6.07) is 4.15. The first kappa shape index (κ1) is 23.0. The Morgan fingerprint density at radius 2 is 2.00 bits per heavy atom. The molecule has 5 nitrogen and oxygen atoms in total. The second-order valence-electron chi connectivity index (χ2n) is 6.92. The summed E-state index contributed by atoms with van der Waals surface area (Å²) >= 11 is 0. The lowest BCUT2D eigenvalue weighted by Gasteiger charge is -2.29. The molecule has 9 heteroatoms. The lowest BCUT2D eigenvalue weighted by atomic mass is 9.99. The maximum atomic E-state index is 14.1. The van der Waals surface area contributed by atoms with Gasteiger partial charge in [-0.1, -0.05) is 13.3 Å². The monoisotopic (exact) mass is 419 g/mol. The molecule has 162 valence electrons. The summed E-state index contributed by atoms with van der Waals surface area (Å²) in [5.41, 5.74) is -3.81. The predicted octanol–water partition coefficient (Wildman–Crippen LogP) is 4.30. The number of amides is 1. The van der Waals surface area contributed by atoms with Crippen molar-refractivity contribution in [1.82, 2.24) is 5.32 Å². The fourth-order valence-corrected chi connectivity index (χ4v) is 2.50. The Hall–Kier alpha value is -2.29. The highest BCUT2D eigenvalue weighted by Crippen LogP contribution is 2.37. The molecule has 0 bridgehead atoms. The van der Waals surface area contributed by atoms with Gasteiger partial charge in [0.1, 0.15) is 5.83 Å². The zero-order valence-electron chi connectivity index (χ0n) is 16.3. The highest BCUT2D eigenvalue weighted by molar-refractivity contribution is 5.95. The topological polar surface area (TPSA) is 67.8 Å². The van der Waals surface area contributed by atoms with Gasteiger partial charge in [-0.2, -0.15) is 13.2 Å². The maximum absolute atomic E-state index is 14.1. The zero-order valence-corrected chi connectivity index (χ0v) is 16.3. The van der Waals surface area contributed by atoms with Crippen LogP contribution in [0.25, 0.3) is 0 Å². The molecule has 0 aromatic heterocycles. The van der Waals surface area contributed by atoms with Gasteiger partial charge in [-0.3, -0.25) is 4.79 Å². The number of allylic oxidation sites excluding steroid dienone is 1. The Morgan fingerprint density at radius 1 is 1.31 bits per heavy atom. The molecule has 0 saturated heterocycles. The van der Waals surface area contributed by atoms with E-state index in [0.717, 1.165) is 12.8 Å². The summed E-state index contributed by atoms with van der Waals surface area (Å²) in [5.74, 6) is -1.97. The van der Waals surface area contributed by atoms with E-state index in [4.69, 9.17) is 9.47 Å². The van der Waals surface area contributed by atoms with Gasteiger partial charge in [-0.25, -0.2) is 4.39 Å². The summed E-state index contributed by atoms with van der Waals surface area (Å²) in [5, 5.41) is 11.9. The van der Waals surface area contributed by atoms with E-state index in [-0.39, 0.29) is 23.8 Å². The Labute approximate surface area is 166 Å². The van der Waals surface area contributed by atoms with Gasteiger partial charge in [0.15, 0.2) is 11.5 Å². The molecule has 0 spiro atoms. The molecule has 1 aliphatic carbocycles. The fraction of sp³-hybridized carbons (Fsp3) is 0.550. The minimum absolute atomic E-state index is 0.00936. The van der Waals surface area contributed by atoms with Gasteiger partial charge in [0.2, 0.25) is 5.60 Å². The molecular weight excluding hydrogens is 394 g/mol. The number of methoxy groups -OCH3 is 1. The molecule has 1 aromatic carbocycles. The number of ether oxygens (including phenoxy) is 2. The highest BCUT2D eigenvalue weighted by atomic mass is 19.4. The summed E-state index contributed by atoms with van der Waals surface area (Å²) in [4.78, 5) is 12.3. The number of hydrogen-bond acceptors (Lipinski definition) is 4. The normalized spacial score (nSPS) is 16.9. The SMILES string of the molecule is CCCC/C=C(\F)C(O)(CNC(=O)c1ccc(OC2CC2)c(OC)c1)C(F)(F)F. The number of hydrogen-bond donors (Lipinski definition) is 2. The molecule has 1 aromatic rings. The van der Waals surface area contributed by atoms with Crippen LogP contribution in [0.2, 0.25) is 0 Å². The standard InChI is InChI=1S/C20H25F4NO4/c1-3-4-5-6-17(21)19(27,20(22,23)24)12-25-18(26)13-7-10-15(16(11-13)28-2)29-14-8-9-14/h6-7,10-11,14,27H,3-5,8-9,12H2,1-2H3,(H,25,26)/b17-6-. The average Bonchev–Trinajstić information content (AvgIpc) is 3.49. The minimum atomic E-state index is -5.30. The third-order valence-corrected chi connectivity index (χ3v) is 4.49. The van der Waals surface area contributed by atoms with Crippen LogP contribution >= 0.6 is 0 Å². The van der Waals surface area contributed by atoms with Crippen molar-refractivity contribution in [1.29, 1.82) is 0 Å². The largest absolute Gasteiger partial charge is 0.493 e. The van der Waals surface area contributed by atoms with Crippen LogP contribution in [0.5, 0.6) is 11.5 Å². The Kier molecular flexibility index (Phi) is 7.51. The van der Waals surface area contributed by atoms with Crippen molar-refractivity contribution in [2.75, 3.05) is 13.7 Å². The lowest BCUT2D eigenvalue weighted by molar-refractivity contribution is -0.247. The van der Waals surface area contributed by atoms with Crippen molar-refractivity contribution in [2.45, 2.75) is 56.9 Å². The minimum Gasteiger partial charge on any atom is -0.493 e. The zero-order chi connectivity index (χ0) is 21.7. The van der Waals surface area contributed by atoms with E-state index in [1.54, 1.807) is 6.92 Å². The maximum Gasteiger partial charge on any atom is 0.425 e. The number of halogens is 4. The van der Waals surface area contributed by atoms with Crippen LogP contribution in [0.3, 0.4) is 0 Å². The molecule has 2 rings (SSSR count). The van der Waals surface area contributed by atoms with E-state index < -0.39 is 30.1 Å². The van der Waals surface area contributed by atoms with Crippen molar-refractivity contribution in [2.24, 2.45) is 0 Å². The van der Waals surface area contributed by atoms with Crippen molar-refractivity contribution >= 4 is 5.91 Å². The van der Waals surface area contributed by atoms with Gasteiger partial charge >= 0.3 is 6.18 Å². The van der Waals surface area contributed by atoms with Crippen LogP contribution in [0.4, 0.5) is 17.6 Å². The molecule has 1 fully saturated rings. The molecule has 29 heavy (non-hydrogen) atoms. The summed E-state index contributed by atoms with van der Waals surface area (Å²) < 4.78 is 64.8. The number of alkyl halides is 3. The van der Waals surface area contributed by atoms with E-state index in [0.29, 0.717) is 24.7 Å². The van der Waals surface area contributed by atoms with Crippen LogP contribution in [0.15, 0.2) is 30.1 Å². The molecule has 1 saturated carbocycles. The molecule has 2 N–H and O–H groups in total. The van der Waals surface area contributed by atoms with Crippen molar-refractivity contribution in [3.63, 3.8) is 0 Å². The van der Waals surface area contributed by atoms with Crippen LogP contribution in [-0.2, 0) is 0 Å². The van der Waals surface area contributed by atoms with Crippen LogP contribution in [-0.4, -0.2) is 42.5 Å². The third-order valence-electron chi connectivity index (χ3n) is 4.49. The van der Waals surface area contributed by atoms with Crippen LogP contribution < -0.4 is 14.8 Å². The Morgan fingerprint density at radius 3 is 2.55 bits per heavy atom. The molecule has 1 amide bonds. The first-order valence-electron chi connectivity index (χ1n) is 9.40. The van der Waals surface area contributed by atoms with Gasteiger partial charge in [0.25, 0.3) is 5.91 Å². The van der Waals surface area contributed by atoms with E-state index >= 15 is 0 Å². The summed E-state index contributed by atoms with van der Waals surface area (Å²) in [7, 11) is 1.37. The van der Waals surface area contributed by atoms with Gasteiger partial charge in [0.05, 0.1) is 19.8 Å². The molecular formula is C20H25F4NO4. The van der Waals surface area contributed by atoms with Gasteiger partial charge in [-0.05, 0) is 50.0 Å². The Bertz CT molecular complexity index is 746. The van der Waals surface area contributed by atoms with Crippen LogP contribution in [0, 0.1) is 0 Å². The molecule has 1 atom stereocenters. The molecule has 1 aliphatic rings. The number of benzene rings is 1. The highest BCUT2D eigenvalue weighted by Gasteiger charge is 2.57. The van der Waals surface area contributed by atoms with E-state index in [1.165, 1.54) is 25.3 Å². The number of carbonyl (C=O) groups excluding carboxylic acids is 1. The smallest absolute Gasteiger partial charge is 0.425 e. The van der Waals surface area contributed by atoms with Crippen molar-refractivity contribution in [3.05, 3.63) is 35.7 Å². The second kappa shape index (κ2) is 9.47. The van der Waals surface area contributed by atoms with E-state index in [1.807, 2.05) is 5.32 Å². The van der Waals surface area contributed by atoms with Crippen molar-refractivity contribution < 1.29 is 36.9 Å². The van der Waals surface area contributed by atoms with Gasteiger partial charge in [-0.15, -0.1) is 0 Å². The third kappa shape index (κ3) is 5.85. The Balaban J connectivity index is 2.12. The number of nitrogens with one attached hydrogen (secondary N) is 1. The first-order chi connectivity index (χ1) is 13.6. The van der Waals surface area contributed by atoms with E-state index in [2.05, 4.69) is 0 Å². The lowest BCUT2D eigenvalue weighted by Crippen LogP contribution is -2.54. The molecule has 1 unspecified atom stereocenters. The predicted molar refractivity (Wildman–Crippen MR) is 98.7 cm³/mol. The molecule has 0 radical (unpaired) electrons. The van der Waals surface area contributed by atoms with E-state index in [9.17, 15) is 27.5 Å². The summed E-state index contributed by atoms with van der Waals surface area (Å²) in [6.07, 6.45) is -1.49. The fourth-order valence-electron chi connectivity index (χ4n) is 2.50. The summed E-state index contributed by atoms with van der Waals surface area (Å²) in [6.45, 7) is 0.448. The second-order valence-corrected chi connectivity index (χ2v) is 6.92. The van der Waals surface area contributed by atoms with Crippen LogP contribution in [0.1, 0.15) is 49.4 Å². The van der Waals surface area contributed by atoms with Crippen molar-refractivity contribution in [3.8, 4) is 11.5 Å². The number of carbonyl (C=O) groups is 1. The average molecular weight is 419 g/mol. The number of unbranched alkanes of at least 4 members (excludes halogenated alkanes) is 2. The quantitative estimate of drug-likeness (QED) is 0.438. The molecule has 0 aliphatic heterocycles. The van der Waals surface area contributed by atoms with Gasteiger partial charge in [0, 0.05) is 5.56 Å². The molecule has 0 heterocycles. The number of rotatable bonds is 10. The number of aliphatic hydroxyl groups is 1.